The van der Waals surface area contributed by atoms with Gasteiger partial charge in [-0.3, -0.25) is 19.8 Å². The van der Waals surface area contributed by atoms with E-state index >= 15 is 0 Å². The lowest BCUT2D eigenvalue weighted by Crippen LogP contribution is -2.54. The maximum atomic E-state index is 13.4. The lowest BCUT2D eigenvalue weighted by Gasteiger charge is -2.29. The van der Waals surface area contributed by atoms with Crippen LogP contribution in [0.5, 0.6) is 11.5 Å². The van der Waals surface area contributed by atoms with E-state index in [0.29, 0.717) is 30.2 Å². The van der Waals surface area contributed by atoms with Gasteiger partial charge in [-0.15, -0.1) is 0 Å². The van der Waals surface area contributed by atoms with Crippen molar-refractivity contribution in [3.63, 3.8) is 0 Å². The Bertz CT molecular complexity index is 1300. The lowest BCUT2D eigenvalue weighted by molar-refractivity contribution is -0.122. The number of nitrogens with zero attached hydrogens (tertiary/aromatic N) is 1. The van der Waals surface area contributed by atoms with Gasteiger partial charge in [-0.05, 0) is 106 Å². The molecule has 3 aromatic carbocycles. The van der Waals surface area contributed by atoms with Crippen LogP contribution in [-0.4, -0.2) is 23.5 Å². The minimum absolute atomic E-state index is 0.00929. The van der Waals surface area contributed by atoms with E-state index in [1.807, 2.05) is 49.4 Å². The molecule has 2 amide bonds. The van der Waals surface area contributed by atoms with Gasteiger partial charge in [-0.25, -0.2) is 0 Å². The summed E-state index contributed by atoms with van der Waals surface area (Å²) in [4.78, 5) is 27.4. The van der Waals surface area contributed by atoms with Gasteiger partial charge in [0.2, 0.25) is 0 Å². The average molecular weight is 710 g/mol. The molecule has 178 valence electrons. The summed E-state index contributed by atoms with van der Waals surface area (Å²) < 4.78 is 13.3. The van der Waals surface area contributed by atoms with Gasteiger partial charge < -0.3 is 9.47 Å². The van der Waals surface area contributed by atoms with Crippen molar-refractivity contribution >= 4 is 86.1 Å². The molecular weight excluding hydrogens is 690 g/mol. The highest BCUT2D eigenvalue weighted by Crippen LogP contribution is 2.31. The standard InChI is InChI=1S/C26H20I2N2O4S/c1-2-33-19-10-6-9-18(14-19)30-25(32)20(24(31)29-26(30)35)11-17-12-21(27)23(22(28)13-17)34-15-16-7-4-3-5-8-16/h3-14H,2,15H2,1H3,(H,29,31,35)/b20-11+. The molecule has 0 aromatic heterocycles. The first-order valence-corrected chi connectivity index (χ1v) is 13.2. The third-order valence-electron chi connectivity index (χ3n) is 5.05. The van der Waals surface area contributed by atoms with Crippen molar-refractivity contribution in [2.45, 2.75) is 13.5 Å². The van der Waals surface area contributed by atoms with Crippen LogP contribution in [0.1, 0.15) is 18.1 Å². The molecule has 1 aliphatic heterocycles. The number of hydrogen-bond donors (Lipinski definition) is 1. The van der Waals surface area contributed by atoms with Crippen LogP contribution in [-0.2, 0) is 16.2 Å². The first kappa shape index (κ1) is 25.6. The van der Waals surface area contributed by atoms with Gasteiger partial charge in [0.05, 0.1) is 19.4 Å². The summed E-state index contributed by atoms with van der Waals surface area (Å²) in [5.74, 6) is 0.332. The summed E-state index contributed by atoms with van der Waals surface area (Å²) in [5.41, 5.74) is 2.29. The van der Waals surface area contributed by atoms with Crippen LogP contribution in [0.2, 0.25) is 0 Å². The molecule has 0 unspecified atom stereocenters. The predicted molar refractivity (Wildman–Crippen MR) is 156 cm³/mol. The van der Waals surface area contributed by atoms with Gasteiger partial charge in [0, 0.05) is 6.07 Å². The average Bonchev–Trinajstić information content (AvgIpc) is 2.82. The molecule has 1 saturated heterocycles. The molecule has 0 bridgehead atoms. The number of nitrogens with one attached hydrogen (secondary N) is 1. The third kappa shape index (κ3) is 6.01. The van der Waals surface area contributed by atoms with E-state index in [9.17, 15) is 9.59 Å². The number of thiocarbonyl (C=S) groups is 1. The fourth-order valence-corrected chi connectivity index (χ4v) is 5.88. The highest BCUT2D eigenvalue weighted by molar-refractivity contribution is 14.1. The van der Waals surface area contributed by atoms with E-state index in [1.54, 1.807) is 30.3 Å². The van der Waals surface area contributed by atoms with E-state index in [2.05, 4.69) is 50.5 Å². The molecule has 0 radical (unpaired) electrons. The van der Waals surface area contributed by atoms with Gasteiger partial charge in [0.15, 0.2) is 5.11 Å². The van der Waals surface area contributed by atoms with E-state index in [4.69, 9.17) is 21.7 Å². The lowest BCUT2D eigenvalue weighted by atomic mass is 10.1. The van der Waals surface area contributed by atoms with E-state index in [1.165, 1.54) is 4.90 Å². The molecule has 1 N–H and O–H groups in total. The summed E-state index contributed by atoms with van der Waals surface area (Å²) in [7, 11) is 0. The summed E-state index contributed by atoms with van der Waals surface area (Å²) in [6.07, 6.45) is 1.57. The van der Waals surface area contributed by atoms with Crippen molar-refractivity contribution < 1.29 is 19.1 Å². The molecule has 6 nitrogen and oxygen atoms in total. The second kappa shape index (κ2) is 11.5. The number of ether oxygens (including phenoxy) is 2. The molecule has 4 rings (SSSR count). The van der Waals surface area contributed by atoms with Gasteiger partial charge >= 0.3 is 0 Å². The van der Waals surface area contributed by atoms with E-state index < -0.39 is 11.8 Å². The first-order chi connectivity index (χ1) is 16.9. The number of rotatable bonds is 7. The largest absolute Gasteiger partial charge is 0.494 e. The number of hydrogen-bond acceptors (Lipinski definition) is 5. The molecule has 9 heteroatoms. The molecule has 1 heterocycles. The van der Waals surface area contributed by atoms with Crippen molar-refractivity contribution in [1.29, 1.82) is 0 Å². The molecule has 0 spiro atoms. The fraction of sp³-hybridized carbons (Fsp3) is 0.115. The van der Waals surface area contributed by atoms with Gasteiger partial charge in [-0.1, -0.05) is 36.4 Å². The molecule has 3 aromatic rings. The van der Waals surface area contributed by atoms with Crippen LogP contribution in [0, 0.1) is 7.14 Å². The van der Waals surface area contributed by atoms with Crippen LogP contribution in [0.4, 0.5) is 5.69 Å². The summed E-state index contributed by atoms with van der Waals surface area (Å²) >= 11 is 9.70. The number of anilines is 1. The van der Waals surface area contributed by atoms with Crippen LogP contribution in [0.3, 0.4) is 0 Å². The summed E-state index contributed by atoms with van der Waals surface area (Å²) in [6, 6.07) is 20.7. The summed E-state index contributed by atoms with van der Waals surface area (Å²) in [6.45, 7) is 2.82. The second-order valence-electron chi connectivity index (χ2n) is 7.48. The number of carbonyl (C=O) groups excluding carboxylic acids is 2. The Hall–Kier alpha value is -2.51. The van der Waals surface area contributed by atoms with Crippen molar-refractivity contribution in [2.75, 3.05) is 11.5 Å². The van der Waals surface area contributed by atoms with Crippen molar-refractivity contribution in [2.24, 2.45) is 0 Å². The highest BCUT2D eigenvalue weighted by atomic mass is 127. The normalized spacial score (nSPS) is 14.8. The van der Waals surface area contributed by atoms with Crippen LogP contribution in [0.15, 0.2) is 72.3 Å². The quantitative estimate of drug-likeness (QED) is 0.148. The van der Waals surface area contributed by atoms with Crippen molar-refractivity contribution in [3.8, 4) is 11.5 Å². The van der Waals surface area contributed by atoms with Crippen molar-refractivity contribution in [3.05, 3.63) is 90.6 Å². The first-order valence-electron chi connectivity index (χ1n) is 10.7. The Labute approximate surface area is 236 Å². The van der Waals surface area contributed by atoms with Crippen LogP contribution >= 0.6 is 57.4 Å². The van der Waals surface area contributed by atoms with E-state index in [0.717, 1.165) is 18.5 Å². The zero-order valence-electron chi connectivity index (χ0n) is 18.6. The monoisotopic (exact) mass is 710 g/mol. The number of carbonyl (C=O) groups is 2. The Morgan fingerprint density at radius 3 is 2.37 bits per heavy atom. The minimum atomic E-state index is -0.536. The zero-order valence-corrected chi connectivity index (χ0v) is 23.7. The molecule has 0 saturated carbocycles. The minimum Gasteiger partial charge on any atom is -0.494 e. The number of benzene rings is 3. The Kier molecular flexibility index (Phi) is 8.39. The molecule has 0 aliphatic carbocycles. The second-order valence-corrected chi connectivity index (χ2v) is 10.2. The number of amides is 2. The molecule has 1 aliphatic rings. The zero-order chi connectivity index (χ0) is 24.9. The van der Waals surface area contributed by atoms with Crippen molar-refractivity contribution in [1.82, 2.24) is 5.32 Å². The van der Waals surface area contributed by atoms with E-state index in [-0.39, 0.29) is 10.7 Å². The SMILES string of the molecule is CCOc1cccc(N2C(=O)/C(=C/c3cc(I)c(OCc4ccccc4)c(I)c3)C(=O)NC2=S)c1. The maximum Gasteiger partial charge on any atom is 0.270 e. The number of halogens is 2. The molecule has 0 atom stereocenters. The Balaban J connectivity index is 1.61. The van der Waals surface area contributed by atoms with Crippen LogP contribution < -0.4 is 19.7 Å². The molecule has 1 fully saturated rings. The molecule has 35 heavy (non-hydrogen) atoms. The highest BCUT2D eigenvalue weighted by Gasteiger charge is 2.34. The fourth-order valence-electron chi connectivity index (χ4n) is 3.47. The summed E-state index contributed by atoms with van der Waals surface area (Å²) in [5, 5.41) is 2.65. The topological polar surface area (TPSA) is 67.9 Å². The Morgan fingerprint density at radius 1 is 0.971 bits per heavy atom. The smallest absolute Gasteiger partial charge is 0.270 e. The van der Waals surface area contributed by atoms with Gasteiger partial charge in [0.25, 0.3) is 11.8 Å². The Morgan fingerprint density at radius 2 is 1.69 bits per heavy atom. The predicted octanol–water partition coefficient (Wildman–Crippen LogP) is 5.70. The third-order valence-corrected chi connectivity index (χ3v) is 6.93. The van der Waals surface area contributed by atoms with Crippen LogP contribution in [0.25, 0.3) is 6.08 Å². The van der Waals surface area contributed by atoms with Gasteiger partial charge in [0.1, 0.15) is 23.7 Å². The maximum absolute atomic E-state index is 13.4. The molecular formula is C26H20I2N2O4S. The van der Waals surface area contributed by atoms with Gasteiger partial charge in [-0.2, -0.15) is 0 Å².